The van der Waals surface area contributed by atoms with E-state index in [9.17, 15) is 8.78 Å². The number of rotatable bonds is 4. The maximum absolute atomic E-state index is 13.7. The van der Waals surface area contributed by atoms with Crippen molar-refractivity contribution in [3.05, 3.63) is 68.7 Å². The molecule has 0 aliphatic carbocycles. The van der Waals surface area contributed by atoms with Crippen molar-refractivity contribution in [2.45, 2.75) is 12.5 Å². The molecule has 3 N–H and O–H groups in total. The molecule has 0 aliphatic rings. The summed E-state index contributed by atoms with van der Waals surface area (Å²) < 4.78 is 27.4. The van der Waals surface area contributed by atoms with Gasteiger partial charge >= 0.3 is 0 Å². The SMILES string of the molecule is NNC(Cc1ccc(F)cc1F)c1ccc(Br)cc1Cl. The van der Waals surface area contributed by atoms with Crippen molar-refractivity contribution in [3.8, 4) is 0 Å². The summed E-state index contributed by atoms with van der Waals surface area (Å²) in [5, 5.41) is 0.518. The van der Waals surface area contributed by atoms with Gasteiger partial charge in [0, 0.05) is 15.6 Å². The quantitative estimate of drug-likeness (QED) is 0.635. The minimum Gasteiger partial charge on any atom is -0.271 e. The third-order valence-electron chi connectivity index (χ3n) is 2.98. The van der Waals surface area contributed by atoms with Crippen molar-refractivity contribution in [3.63, 3.8) is 0 Å². The average molecular weight is 362 g/mol. The Bertz CT molecular complexity index is 622. The van der Waals surface area contributed by atoms with E-state index in [0.717, 1.165) is 16.1 Å². The molecule has 0 saturated heterocycles. The van der Waals surface area contributed by atoms with Crippen molar-refractivity contribution >= 4 is 27.5 Å². The first-order valence-corrected chi connectivity index (χ1v) is 7.03. The number of hydrazine groups is 1. The van der Waals surface area contributed by atoms with Gasteiger partial charge in [0.2, 0.25) is 0 Å². The zero-order chi connectivity index (χ0) is 14.7. The Labute approximate surface area is 129 Å². The van der Waals surface area contributed by atoms with E-state index in [0.29, 0.717) is 10.6 Å². The van der Waals surface area contributed by atoms with Crippen molar-refractivity contribution in [2.24, 2.45) is 5.84 Å². The van der Waals surface area contributed by atoms with Crippen LogP contribution in [-0.4, -0.2) is 0 Å². The van der Waals surface area contributed by atoms with Crippen LogP contribution in [0.3, 0.4) is 0 Å². The molecule has 0 spiro atoms. The van der Waals surface area contributed by atoms with Gasteiger partial charge in [0.05, 0.1) is 6.04 Å². The molecule has 2 nitrogen and oxygen atoms in total. The molecule has 0 fully saturated rings. The summed E-state index contributed by atoms with van der Waals surface area (Å²) in [6.07, 6.45) is 0.268. The van der Waals surface area contributed by atoms with Gasteiger partial charge in [0.25, 0.3) is 0 Å². The van der Waals surface area contributed by atoms with E-state index in [1.165, 1.54) is 12.1 Å². The van der Waals surface area contributed by atoms with Crippen LogP contribution in [-0.2, 0) is 6.42 Å². The third kappa shape index (κ3) is 3.55. The molecule has 106 valence electrons. The van der Waals surface area contributed by atoms with Crippen molar-refractivity contribution in [1.82, 2.24) is 5.43 Å². The second-order valence-corrected chi connectivity index (χ2v) is 5.65. The first-order chi connectivity index (χ1) is 9.51. The van der Waals surface area contributed by atoms with Gasteiger partial charge in [0.15, 0.2) is 0 Å². The standard InChI is InChI=1S/C14H12BrClF2N2/c15-9-2-4-11(12(16)6-9)14(20-19)5-8-1-3-10(17)7-13(8)18/h1-4,6-7,14,20H,5,19H2. The Morgan fingerprint density at radius 3 is 2.55 bits per heavy atom. The monoisotopic (exact) mass is 360 g/mol. The van der Waals surface area contributed by atoms with Crippen LogP contribution in [0.4, 0.5) is 8.78 Å². The summed E-state index contributed by atoms with van der Waals surface area (Å²) in [6.45, 7) is 0. The van der Waals surface area contributed by atoms with E-state index in [-0.39, 0.29) is 12.5 Å². The van der Waals surface area contributed by atoms with Crippen molar-refractivity contribution in [2.75, 3.05) is 0 Å². The van der Waals surface area contributed by atoms with Crippen molar-refractivity contribution < 1.29 is 8.78 Å². The Morgan fingerprint density at radius 2 is 1.95 bits per heavy atom. The van der Waals surface area contributed by atoms with Gasteiger partial charge in [-0.1, -0.05) is 39.7 Å². The van der Waals surface area contributed by atoms with Crippen LogP contribution >= 0.6 is 27.5 Å². The summed E-state index contributed by atoms with van der Waals surface area (Å²) in [5.41, 5.74) is 3.73. The smallest absolute Gasteiger partial charge is 0.129 e. The maximum atomic E-state index is 13.7. The number of nitrogens with one attached hydrogen (secondary N) is 1. The Balaban J connectivity index is 2.28. The van der Waals surface area contributed by atoms with Crippen LogP contribution in [0.1, 0.15) is 17.2 Å². The normalized spacial score (nSPS) is 12.4. The highest BCUT2D eigenvalue weighted by Gasteiger charge is 2.16. The van der Waals surface area contributed by atoms with Gasteiger partial charge in [0.1, 0.15) is 11.6 Å². The molecular formula is C14H12BrClF2N2. The first-order valence-electron chi connectivity index (χ1n) is 5.86. The van der Waals surface area contributed by atoms with Gasteiger partial charge < -0.3 is 0 Å². The zero-order valence-electron chi connectivity index (χ0n) is 10.3. The fourth-order valence-electron chi connectivity index (χ4n) is 1.95. The highest BCUT2D eigenvalue weighted by molar-refractivity contribution is 9.10. The number of benzene rings is 2. The first kappa shape index (κ1) is 15.4. The highest BCUT2D eigenvalue weighted by Crippen LogP contribution is 2.28. The topological polar surface area (TPSA) is 38.0 Å². The summed E-state index contributed by atoms with van der Waals surface area (Å²) in [6, 6.07) is 8.48. The zero-order valence-corrected chi connectivity index (χ0v) is 12.7. The Hall–Kier alpha value is -1.01. The molecule has 1 unspecified atom stereocenters. The third-order valence-corrected chi connectivity index (χ3v) is 3.80. The summed E-state index contributed by atoms with van der Waals surface area (Å²) in [7, 11) is 0. The summed E-state index contributed by atoms with van der Waals surface area (Å²) in [4.78, 5) is 0. The molecule has 0 bridgehead atoms. The molecular weight excluding hydrogens is 350 g/mol. The largest absolute Gasteiger partial charge is 0.271 e. The molecule has 0 aliphatic heterocycles. The van der Waals surface area contributed by atoms with Gasteiger partial charge in [-0.05, 0) is 35.7 Å². The van der Waals surface area contributed by atoms with Crippen molar-refractivity contribution in [1.29, 1.82) is 0 Å². The lowest BCUT2D eigenvalue weighted by Crippen LogP contribution is -2.30. The molecule has 0 heterocycles. The Kier molecular flexibility index (Phi) is 5.10. The summed E-state index contributed by atoms with van der Waals surface area (Å²) in [5.74, 6) is 4.32. The van der Waals surface area contributed by atoms with Crippen LogP contribution < -0.4 is 11.3 Å². The second-order valence-electron chi connectivity index (χ2n) is 4.32. The highest BCUT2D eigenvalue weighted by atomic mass is 79.9. The van der Waals surface area contributed by atoms with Crippen LogP contribution in [0.25, 0.3) is 0 Å². The molecule has 0 radical (unpaired) electrons. The fourth-order valence-corrected chi connectivity index (χ4v) is 2.76. The van der Waals surface area contributed by atoms with Gasteiger partial charge in [-0.2, -0.15) is 0 Å². The lowest BCUT2D eigenvalue weighted by molar-refractivity contribution is 0.522. The molecule has 0 aromatic heterocycles. The molecule has 20 heavy (non-hydrogen) atoms. The van der Waals surface area contributed by atoms with Gasteiger partial charge in [-0.3, -0.25) is 11.3 Å². The second kappa shape index (κ2) is 6.63. The van der Waals surface area contributed by atoms with Crippen LogP contribution in [0.2, 0.25) is 5.02 Å². The number of nitrogens with two attached hydrogens (primary N) is 1. The Morgan fingerprint density at radius 1 is 1.20 bits per heavy atom. The van der Waals surface area contributed by atoms with E-state index < -0.39 is 11.6 Å². The number of hydrogen-bond acceptors (Lipinski definition) is 2. The molecule has 6 heteroatoms. The average Bonchev–Trinajstić information content (AvgIpc) is 2.39. The van der Waals surface area contributed by atoms with E-state index in [2.05, 4.69) is 21.4 Å². The predicted octanol–water partition coefficient (Wildman–Crippen LogP) is 4.13. The van der Waals surface area contributed by atoms with E-state index in [1.54, 1.807) is 12.1 Å². The summed E-state index contributed by atoms with van der Waals surface area (Å²) >= 11 is 9.47. The van der Waals surface area contributed by atoms with Crippen LogP contribution in [0, 0.1) is 11.6 Å². The maximum Gasteiger partial charge on any atom is 0.129 e. The lowest BCUT2D eigenvalue weighted by Gasteiger charge is -2.18. The molecule has 2 rings (SSSR count). The van der Waals surface area contributed by atoms with E-state index in [4.69, 9.17) is 17.4 Å². The number of halogens is 4. The van der Waals surface area contributed by atoms with Crippen LogP contribution in [0.5, 0.6) is 0 Å². The van der Waals surface area contributed by atoms with E-state index in [1.807, 2.05) is 6.07 Å². The molecule has 1 atom stereocenters. The molecule has 2 aromatic carbocycles. The molecule has 2 aromatic rings. The molecule has 0 amide bonds. The minimum absolute atomic E-state index is 0.268. The lowest BCUT2D eigenvalue weighted by atomic mass is 9.99. The fraction of sp³-hybridized carbons (Fsp3) is 0.143. The molecule has 0 saturated carbocycles. The van der Waals surface area contributed by atoms with Gasteiger partial charge in [-0.15, -0.1) is 0 Å². The predicted molar refractivity (Wildman–Crippen MR) is 79.3 cm³/mol. The van der Waals surface area contributed by atoms with E-state index >= 15 is 0 Å². The van der Waals surface area contributed by atoms with Crippen LogP contribution in [0.15, 0.2) is 40.9 Å². The van der Waals surface area contributed by atoms with Gasteiger partial charge in [-0.25, -0.2) is 8.78 Å². The minimum atomic E-state index is -0.606. The number of hydrogen-bond donors (Lipinski definition) is 2.